The monoisotopic (exact) mass is 424 g/mol. The molecule has 3 rings (SSSR count). The molecule has 9 heteroatoms. The number of hydrogen-bond acceptors (Lipinski definition) is 5. The van der Waals surface area contributed by atoms with Crippen molar-refractivity contribution in [3.63, 3.8) is 0 Å². The average molecular weight is 424 g/mol. The molecule has 1 aromatic heterocycles. The first-order chi connectivity index (χ1) is 13.8. The number of carbonyl (C=O) groups is 1. The molecule has 0 amide bonds. The molecule has 30 heavy (non-hydrogen) atoms. The topological polar surface area (TPSA) is 83.0 Å². The quantitative estimate of drug-likeness (QED) is 0.668. The van der Waals surface area contributed by atoms with E-state index in [9.17, 15) is 18.0 Å². The Hall–Kier alpha value is -2.42. The second kappa shape index (κ2) is 7.68. The molecule has 164 valence electrons. The molecule has 1 atom stereocenters. The maximum Gasteiger partial charge on any atom is 0.394 e. The van der Waals surface area contributed by atoms with Crippen molar-refractivity contribution < 1.29 is 22.7 Å². The van der Waals surface area contributed by atoms with E-state index in [1.165, 1.54) is 0 Å². The number of rotatable bonds is 7. The van der Waals surface area contributed by atoms with Gasteiger partial charge in [0.15, 0.2) is 0 Å². The number of ether oxygens (including phenoxy) is 1. The van der Waals surface area contributed by atoms with Gasteiger partial charge in [0.25, 0.3) is 0 Å². The van der Waals surface area contributed by atoms with Gasteiger partial charge in [-0.25, -0.2) is 4.79 Å². The maximum absolute atomic E-state index is 13.5. The Balaban J connectivity index is 1.92. The fourth-order valence-corrected chi connectivity index (χ4v) is 3.24. The standard InChI is InChI=1S/C21H27F3N4O2/c1-13(2)30-18(29)20(25,12-19(3,4)21(22,23)24)15-7-5-14(6-8-15)17-11-26-28(27-17)16-9-10-16/h5-8,11,13,16H,9-10,12,25H2,1-4H3. The number of benzene rings is 1. The first-order valence-corrected chi connectivity index (χ1v) is 9.93. The molecular formula is C21H27F3N4O2. The number of esters is 1. The van der Waals surface area contributed by atoms with Gasteiger partial charge in [-0.3, -0.25) is 0 Å². The Morgan fingerprint density at radius 1 is 1.23 bits per heavy atom. The zero-order chi connectivity index (χ0) is 22.3. The van der Waals surface area contributed by atoms with Gasteiger partial charge in [-0.1, -0.05) is 38.1 Å². The van der Waals surface area contributed by atoms with E-state index in [-0.39, 0.29) is 5.56 Å². The molecule has 6 nitrogen and oxygen atoms in total. The number of halogens is 3. The van der Waals surface area contributed by atoms with Crippen molar-refractivity contribution in [1.29, 1.82) is 0 Å². The van der Waals surface area contributed by atoms with Crippen LogP contribution in [0, 0.1) is 5.41 Å². The molecule has 0 radical (unpaired) electrons. The third-order valence-electron chi connectivity index (χ3n) is 5.27. The van der Waals surface area contributed by atoms with E-state index in [4.69, 9.17) is 10.5 Å². The zero-order valence-corrected chi connectivity index (χ0v) is 17.5. The van der Waals surface area contributed by atoms with E-state index < -0.39 is 35.6 Å². The minimum atomic E-state index is -4.53. The van der Waals surface area contributed by atoms with Gasteiger partial charge in [0.2, 0.25) is 0 Å². The maximum atomic E-state index is 13.5. The summed E-state index contributed by atoms with van der Waals surface area (Å²) in [6.45, 7) is 5.31. The molecule has 0 saturated heterocycles. The second-order valence-electron chi connectivity index (χ2n) is 8.84. The molecule has 1 saturated carbocycles. The van der Waals surface area contributed by atoms with Crippen LogP contribution in [-0.4, -0.2) is 33.2 Å². The van der Waals surface area contributed by atoms with E-state index in [2.05, 4.69) is 10.2 Å². The van der Waals surface area contributed by atoms with Gasteiger partial charge >= 0.3 is 12.1 Å². The number of alkyl halides is 3. The molecule has 1 aliphatic carbocycles. The van der Waals surface area contributed by atoms with Crippen LogP contribution >= 0.6 is 0 Å². The van der Waals surface area contributed by atoms with Crippen LogP contribution in [-0.2, 0) is 15.1 Å². The third-order valence-corrected chi connectivity index (χ3v) is 5.27. The summed E-state index contributed by atoms with van der Waals surface area (Å²) in [5.74, 6) is -0.887. The van der Waals surface area contributed by atoms with Crippen molar-refractivity contribution in [3.8, 4) is 11.3 Å². The lowest BCUT2D eigenvalue weighted by atomic mass is 9.74. The van der Waals surface area contributed by atoms with Crippen LogP contribution in [0.2, 0.25) is 0 Å². The van der Waals surface area contributed by atoms with Crippen molar-refractivity contribution >= 4 is 5.97 Å². The number of nitrogens with two attached hydrogens (primary N) is 1. The molecule has 1 unspecified atom stereocenters. The van der Waals surface area contributed by atoms with Crippen LogP contribution < -0.4 is 5.73 Å². The smallest absolute Gasteiger partial charge is 0.394 e. The molecule has 0 bridgehead atoms. The molecule has 2 aromatic rings. The van der Waals surface area contributed by atoms with Crippen LogP contribution in [0.25, 0.3) is 11.3 Å². The molecule has 2 N–H and O–H groups in total. The van der Waals surface area contributed by atoms with Crippen molar-refractivity contribution in [2.24, 2.45) is 11.1 Å². The Morgan fingerprint density at radius 2 is 1.83 bits per heavy atom. The fourth-order valence-electron chi connectivity index (χ4n) is 3.24. The normalized spacial score (nSPS) is 17.1. The highest BCUT2D eigenvalue weighted by Crippen LogP contribution is 2.45. The van der Waals surface area contributed by atoms with Crippen LogP contribution in [0.5, 0.6) is 0 Å². The van der Waals surface area contributed by atoms with Crippen LogP contribution in [0.1, 0.15) is 58.6 Å². The summed E-state index contributed by atoms with van der Waals surface area (Å²) in [5.41, 5.74) is 3.83. The Labute approximate surface area is 173 Å². The Bertz CT molecular complexity index is 902. The third kappa shape index (κ3) is 4.50. The summed E-state index contributed by atoms with van der Waals surface area (Å²) in [4.78, 5) is 14.4. The molecule has 1 aromatic carbocycles. The number of hydrogen-bond donors (Lipinski definition) is 1. The molecule has 1 heterocycles. The summed E-state index contributed by atoms with van der Waals surface area (Å²) < 4.78 is 45.8. The summed E-state index contributed by atoms with van der Waals surface area (Å²) in [6, 6.07) is 6.81. The lowest BCUT2D eigenvalue weighted by Crippen LogP contribution is -2.52. The van der Waals surface area contributed by atoms with Gasteiger partial charge in [0, 0.05) is 5.56 Å². The highest BCUT2D eigenvalue weighted by atomic mass is 19.4. The number of nitrogens with zero attached hydrogens (tertiary/aromatic N) is 3. The highest BCUT2D eigenvalue weighted by molar-refractivity contribution is 5.83. The predicted molar refractivity (Wildman–Crippen MR) is 105 cm³/mol. The number of aromatic nitrogens is 3. The van der Waals surface area contributed by atoms with E-state index in [1.54, 1.807) is 49.1 Å². The Morgan fingerprint density at radius 3 is 2.33 bits per heavy atom. The van der Waals surface area contributed by atoms with Crippen LogP contribution in [0.15, 0.2) is 30.5 Å². The number of carbonyl (C=O) groups excluding carboxylic acids is 1. The molecular weight excluding hydrogens is 397 g/mol. The van der Waals surface area contributed by atoms with Crippen molar-refractivity contribution in [1.82, 2.24) is 15.0 Å². The first kappa shape index (κ1) is 22.3. The zero-order valence-electron chi connectivity index (χ0n) is 17.5. The fraction of sp³-hybridized carbons (Fsp3) is 0.571. The van der Waals surface area contributed by atoms with Gasteiger partial charge in [0.1, 0.15) is 11.2 Å². The first-order valence-electron chi connectivity index (χ1n) is 9.93. The van der Waals surface area contributed by atoms with Gasteiger partial charge in [-0.2, -0.15) is 28.2 Å². The van der Waals surface area contributed by atoms with Crippen LogP contribution in [0.4, 0.5) is 13.2 Å². The summed E-state index contributed by atoms with van der Waals surface area (Å²) >= 11 is 0. The van der Waals surface area contributed by atoms with Crippen molar-refractivity contribution in [2.75, 3.05) is 0 Å². The lowest BCUT2D eigenvalue weighted by Gasteiger charge is -2.37. The summed E-state index contributed by atoms with van der Waals surface area (Å²) in [5, 5.41) is 8.68. The highest BCUT2D eigenvalue weighted by Gasteiger charge is 2.54. The van der Waals surface area contributed by atoms with Crippen LogP contribution in [0.3, 0.4) is 0 Å². The minimum Gasteiger partial charge on any atom is -0.461 e. The summed E-state index contributed by atoms with van der Waals surface area (Å²) in [7, 11) is 0. The second-order valence-corrected chi connectivity index (χ2v) is 8.84. The van der Waals surface area contributed by atoms with Crippen molar-refractivity contribution in [2.45, 2.75) is 70.8 Å². The SMILES string of the molecule is CC(C)OC(=O)C(N)(CC(C)(C)C(F)(F)F)c1ccc(-c2cnn(C3CC3)n2)cc1. The van der Waals surface area contributed by atoms with Crippen molar-refractivity contribution in [3.05, 3.63) is 36.0 Å². The van der Waals surface area contributed by atoms with E-state index in [0.717, 1.165) is 32.3 Å². The molecule has 1 aliphatic rings. The van der Waals surface area contributed by atoms with Gasteiger partial charge in [-0.15, -0.1) is 0 Å². The molecule has 0 spiro atoms. The van der Waals surface area contributed by atoms with Gasteiger partial charge < -0.3 is 10.5 Å². The van der Waals surface area contributed by atoms with Gasteiger partial charge in [0.05, 0.1) is 23.8 Å². The summed E-state index contributed by atoms with van der Waals surface area (Å²) in [6.07, 6.45) is -1.94. The minimum absolute atomic E-state index is 0.254. The average Bonchev–Trinajstić information content (AvgIpc) is 3.37. The molecule has 0 aliphatic heterocycles. The predicted octanol–water partition coefficient (Wildman–Crippen LogP) is 4.36. The Kier molecular flexibility index (Phi) is 5.70. The lowest BCUT2D eigenvalue weighted by molar-refractivity contribution is -0.220. The van der Waals surface area contributed by atoms with E-state index in [1.807, 2.05) is 0 Å². The molecule has 1 fully saturated rings. The van der Waals surface area contributed by atoms with E-state index in [0.29, 0.717) is 11.7 Å². The van der Waals surface area contributed by atoms with E-state index >= 15 is 0 Å². The van der Waals surface area contributed by atoms with Gasteiger partial charge in [-0.05, 0) is 38.7 Å². The largest absolute Gasteiger partial charge is 0.461 e.